The topological polar surface area (TPSA) is 120 Å². The second kappa shape index (κ2) is 8.91. The molecule has 4 rings (SSSR count). The fraction of sp³-hybridized carbons (Fsp3) is 0.273. The SMILES string of the molecule is CCc1noc(C)c1C(=O)Nc1ccc(NS(=O)(=O)c2ccc3c(c2)OCCCO3)cc1. The van der Waals surface area contributed by atoms with Crippen molar-refractivity contribution in [3.8, 4) is 11.5 Å². The van der Waals surface area contributed by atoms with E-state index < -0.39 is 10.0 Å². The lowest BCUT2D eigenvalue weighted by molar-refractivity contribution is 0.102. The van der Waals surface area contributed by atoms with E-state index in [2.05, 4.69) is 15.2 Å². The highest BCUT2D eigenvalue weighted by Gasteiger charge is 2.21. The summed E-state index contributed by atoms with van der Waals surface area (Å²) in [7, 11) is -3.84. The van der Waals surface area contributed by atoms with Crippen molar-refractivity contribution >= 4 is 27.3 Å². The van der Waals surface area contributed by atoms with Crippen LogP contribution in [-0.4, -0.2) is 32.7 Å². The van der Waals surface area contributed by atoms with Gasteiger partial charge in [0.1, 0.15) is 11.3 Å². The van der Waals surface area contributed by atoms with E-state index in [-0.39, 0.29) is 10.8 Å². The maximum atomic E-state index is 12.8. The Morgan fingerprint density at radius 2 is 1.72 bits per heavy atom. The summed E-state index contributed by atoms with van der Waals surface area (Å²) in [4.78, 5) is 12.6. The minimum atomic E-state index is -3.84. The number of carbonyl (C=O) groups excluding carboxylic acids is 1. The van der Waals surface area contributed by atoms with E-state index in [0.717, 1.165) is 6.42 Å². The van der Waals surface area contributed by atoms with Crippen molar-refractivity contribution in [3.63, 3.8) is 0 Å². The molecule has 0 fully saturated rings. The average Bonchev–Trinajstić information content (AvgIpc) is 2.99. The Balaban J connectivity index is 1.47. The van der Waals surface area contributed by atoms with Crippen LogP contribution in [0.5, 0.6) is 11.5 Å². The predicted octanol–water partition coefficient (Wildman–Crippen LogP) is 3.76. The Hall–Kier alpha value is -3.53. The van der Waals surface area contributed by atoms with Crippen LogP contribution < -0.4 is 19.5 Å². The van der Waals surface area contributed by atoms with Crippen molar-refractivity contribution in [3.05, 3.63) is 59.5 Å². The molecule has 1 amide bonds. The highest BCUT2D eigenvalue weighted by atomic mass is 32.2. The normalized spacial score (nSPS) is 13.3. The van der Waals surface area contributed by atoms with Gasteiger partial charge in [0, 0.05) is 23.9 Å². The largest absolute Gasteiger partial charge is 0.490 e. The van der Waals surface area contributed by atoms with Gasteiger partial charge in [0.05, 0.1) is 23.8 Å². The standard InChI is InChI=1S/C22H23N3O6S/c1-3-18-21(14(2)31-24-18)22(26)23-15-5-7-16(8-6-15)25-32(27,28)17-9-10-19-20(13-17)30-12-4-11-29-19/h5-10,13,25H,3-4,11-12H2,1-2H3,(H,23,26). The number of amides is 1. The number of carbonyl (C=O) groups is 1. The molecule has 1 aromatic heterocycles. The van der Waals surface area contributed by atoms with E-state index in [1.54, 1.807) is 37.3 Å². The monoisotopic (exact) mass is 457 g/mol. The highest BCUT2D eigenvalue weighted by molar-refractivity contribution is 7.92. The van der Waals surface area contributed by atoms with Gasteiger partial charge in [-0.1, -0.05) is 12.1 Å². The van der Waals surface area contributed by atoms with Crippen LogP contribution in [-0.2, 0) is 16.4 Å². The van der Waals surface area contributed by atoms with Crippen LogP contribution in [0.25, 0.3) is 0 Å². The summed E-state index contributed by atoms with van der Waals surface area (Å²) >= 11 is 0. The number of sulfonamides is 1. The lowest BCUT2D eigenvalue weighted by atomic mass is 10.1. The Morgan fingerprint density at radius 3 is 2.44 bits per heavy atom. The third kappa shape index (κ3) is 4.54. The number of hydrogen-bond acceptors (Lipinski definition) is 7. The molecule has 0 bridgehead atoms. The van der Waals surface area contributed by atoms with Gasteiger partial charge < -0.3 is 19.3 Å². The molecule has 0 radical (unpaired) electrons. The molecule has 9 nitrogen and oxygen atoms in total. The molecule has 0 atom stereocenters. The van der Waals surface area contributed by atoms with Crippen molar-refractivity contribution in [2.75, 3.05) is 23.3 Å². The minimum absolute atomic E-state index is 0.0640. The lowest BCUT2D eigenvalue weighted by Gasteiger charge is -2.12. The van der Waals surface area contributed by atoms with Crippen LogP contribution in [0.15, 0.2) is 51.9 Å². The first kappa shape index (κ1) is 21.7. The molecule has 2 heterocycles. The maximum Gasteiger partial charge on any atom is 0.262 e. The molecular formula is C22H23N3O6S. The van der Waals surface area contributed by atoms with Crippen molar-refractivity contribution in [2.24, 2.45) is 0 Å². The summed E-state index contributed by atoms with van der Waals surface area (Å²) in [6, 6.07) is 10.9. The molecule has 0 unspecified atom stereocenters. The Kier molecular flexibility index (Phi) is 6.04. The van der Waals surface area contributed by atoms with Gasteiger partial charge in [-0.3, -0.25) is 9.52 Å². The molecule has 2 N–H and O–H groups in total. The van der Waals surface area contributed by atoms with Crippen molar-refractivity contribution in [2.45, 2.75) is 31.6 Å². The Bertz CT molecular complexity index is 1240. The zero-order valence-electron chi connectivity index (χ0n) is 17.7. The fourth-order valence-electron chi connectivity index (χ4n) is 3.29. The lowest BCUT2D eigenvalue weighted by Crippen LogP contribution is -2.15. The van der Waals surface area contributed by atoms with E-state index in [0.29, 0.717) is 59.5 Å². The van der Waals surface area contributed by atoms with E-state index in [4.69, 9.17) is 14.0 Å². The molecular weight excluding hydrogens is 434 g/mol. The molecule has 0 spiro atoms. The zero-order valence-corrected chi connectivity index (χ0v) is 18.5. The van der Waals surface area contributed by atoms with Crippen molar-refractivity contribution in [1.82, 2.24) is 5.16 Å². The molecule has 0 saturated heterocycles. The molecule has 2 aromatic carbocycles. The van der Waals surface area contributed by atoms with Gasteiger partial charge in [-0.25, -0.2) is 8.42 Å². The molecule has 32 heavy (non-hydrogen) atoms. The first-order valence-corrected chi connectivity index (χ1v) is 11.6. The molecule has 168 valence electrons. The van der Waals surface area contributed by atoms with Gasteiger partial charge in [0.2, 0.25) is 0 Å². The van der Waals surface area contributed by atoms with Gasteiger partial charge in [-0.15, -0.1) is 0 Å². The molecule has 0 aliphatic carbocycles. The number of nitrogens with one attached hydrogen (secondary N) is 2. The summed E-state index contributed by atoms with van der Waals surface area (Å²) in [5.74, 6) is 1.04. The summed E-state index contributed by atoms with van der Waals surface area (Å²) in [5.41, 5.74) is 1.85. The summed E-state index contributed by atoms with van der Waals surface area (Å²) < 4.78 is 44.4. The number of anilines is 2. The fourth-order valence-corrected chi connectivity index (χ4v) is 4.36. The number of aryl methyl sites for hydroxylation is 2. The molecule has 0 saturated carbocycles. The van der Waals surface area contributed by atoms with Crippen LogP contribution in [0.2, 0.25) is 0 Å². The summed E-state index contributed by atoms with van der Waals surface area (Å²) in [5, 5.41) is 6.66. The number of benzene rings is 2. The number of hydrogen-bond donors (Lipinski definition) is 2. The first-order chi connectivity index (χ1) is 15.4. The first-order valence-electron chi connectivity index (χ1n) is 10.2. The van der Waals surface area contributed by atoms with E-state index >= 15 is 0 Å². The maximum absolute atomic E-state index is 12.8. The number of ether oxygens (including phenoxy) is 2. The smallest absolute Gasteiger partial charge is 0.262 e. The van der Waals surface area contributed by atoms with Gasteiger partial charge in [0.25, 0.3) is 15.9 Å². The molecule has 1 aliphatic rings. The third-order valence-electron chi connectivity index (χ3n) is 4.92. The van der Waals surface area contributed by atoms with Crippen LogP contribution in [0.4, 0.5) is 11.4 Å². The average molecular weight is 458 g/mol. The van der Waals surface area contributed by atoms with Gasteiger partial charge >= 0.3 is 0 Å². The number of fused-ring (bicyclic) bond motifs is 1. The van der Waals surface area contributed by atoms with Gasteiger partial charge in [-0.2, -0.15) is 0 Å². The zero-order chi connectivity index (χ0) is 22.7. The predicted molar refractivity (Wildman–Crippen MR) is 118 cm³/mol. The number of nitrogens with zero attached hydrogens (tertiary/aromatic N) is 1. The van der Waals surface area contributed by atoms with Crippen molar-refractivity contribution in [1.29, 1.82) is 0 Å². The van der Waals surface area contributed by atoms with Crippen LogP contribution in [0.3, 0.4) is 0 Å². The van der Waals surface area contributed by atoms with E-state index in [9.17, 15) is 13.2 Å². The van der Waals surface area contributed by atoms with E-state index in [1.165, 1.54) is 12.1 Å². The highest BCUT2D eigenvalue weighted by Crippen LogP contribution is 2.32. The van der Waals surface area contributed by atoms with Crippen molar-refractivity contribution < 1.29 is 27.2 Å². The number of aromatic nitrogens is 1. The van der Waals surface area contributed by atoms with Gasteiger partial charge in [-0.05, 0) is 49.7 Å². The summed E-state index contributed by atoms with van der Waals surface area (Å²) in [6.07, 6.45) is 1.30. The number of rotatable bonds is 6. The molecule has 1 aliphatic heterocycles. The van der Waals surface area contributed by atoms with E-state index in [1.807, 2.05) is 6.92 Å². The molecule has 3 aromatic rings. The minimum Gasteiger partial charge on any atom is -0.490 e. The van der Waals surface area contributed by atoms with Crippen LogP contribution in [0.1, 0.15) is 35.2 Å². The molecule has 10 heteroatoms. The van der Waals surface area contributed by atoms with Gasteiger partial charge in [0.15, 0.2) is 11.5 Å². The second-order valence-electron chi connectivity index (χ2n) is 7.21. The Labute approximate surface area is 185 Å². The summed E-state index contributed by atoms with van der Waals surface area (Å²) in [6.45, 7) is 4.55. The van der Waals surface area contributed by atoms with Crippen LogP contribution in [0, 0.1) is 6.92 Å². The van der Waals surface area contributed by atoms with Crippen LogP contribution >= 0.6 is 0 Å². The quantitative estimate of drug-likeness (QED) is 0.578. The second-order valence-corrected chi connectivity index (χ2v) is 8.89. The third-order valence-corrected chi connectivity index (χ3v) is 6.30. The Morgan fingerprint density at radius 1 is 1.03 bits per heavy atom.